The smallest absolute Gasteiger partial charge is 0.273 e. The van der Waals surface area contributed by atoms with Crippen LogP contribution in [0.25, 0.3) is 11.1 Å². The molecule has 13 heteroatoms. The Hall–Kier alpha value is -5.04. The molecule has 7 rings (SSSR count). The number of carbonyl (C=O) groups is 2. The summed E-state index contributed by atoms with van der Waals surface area (Å²) in [5, 5.41) is 22.1. The lowest BCUT2D eigenvalue weighted by molar-refractivity contribution is -0.117. The first-order valence-electron chi connectivity index (χ1n) is 16.3. The summed E-state index contributed by atoms with van der Waals surface area (Å²) < 4.78 is 3.93. The number of hydrogen-bond acceptors (Lipinski definition) is 9. The van der Waals surface area contributed by atoms with Gasteiger partial charge in [0.2, 0.25) is 5.91 Å². The quantitative estimate of drug-likeness (QED) is 0.236. The number of nitrogens with one attached hydrogen (secondary N) is 3. The number of amides is 2. The summed E-state index contributed by atoms with van der Waals surface area (Å²) >= 11 is 0. The number of likely N-dealkylation sites (tertiary alicyclic amines) is 1. The summed E-state index contributed by atoms with van der Waals surface area (Å²) in [5.41, 5.74) is 6.56. The zero-order valence-corrected chi connectivity index (χ0v) is 27.2. The average molecular weight is 637 g/mol. The van der Waals surface area contributed by atoms with Crippen molar-refractivity contribution in [3.8, 4) is 11.1 Å². The lowest BCUT2D eigenvalue weighted by Gasteiger charge is -2.43. The first-order valence-corrected chi connectivity index (χ1v) is 16.3. The van der Waals surface area contributed by atoms with Crippen molar-refractivity contribution in [2.45, 2.75) is 58.3 Å². The Kier molecular flexibility index (Phi) is 8.00. The third kappa shape index (κ3) is 5.54. The summed E-state index contributed by atoms with van der Waals surface area (Å²) in [6.07, 6.45) is 6.39. The van der Waals surface area contributed by atoms with Crippen LogP contribution in [0.3, 0.4) is 0 Å². The monoisotopic (exact) mass is 636 g/mol. The summed E-state index contributed by atoms with van der Waals surface area (Å²) in [5.74, 6) is -0.165. The van der Waals surface area contributed by atoms with E-state index in [9.17, 15) is 14.4 Å². The summed E-state index contributed by atoms with van der Waals surface area (Å²) in [7, 11) is 3.64. The van der Waals surface area contributed by atoms with Gasteiger partial charge in [-0.15, -0.1) is 10.2 Å². The third-order valence-electron chi connectivity index (χ3n) is 9.50. The highest BCUT2D eigenvalue weighted by Gasteiger charge is 2.38. The molecule has 2 aliphatic heterocycles. The molecule has 1 unspecified atom stereocenters. The highest BCUT2D eigenvalue weighted by Crippen LogP contribution is 2.50. The molecule has 1 aliphatic carbocycles. The second-order valence-electron chi connectivity index (χ2n) is 12.6. The van der Waals surface area contributed by atoms with E-state index >= 15 is 0 Å². The van der Waals surface area contributed by atoms with Gasteiger partial charge in [0.05, 0.1) is 41.0 Å². The van der Waals surface area contributed by atoms with Gasteiger partial charge in [0, 0.05) is 75.1 Å². The van der Waals surface area contributed by atoms with Crippen LogP contribution in [0.5, 0.6) is 0 Å². The highest BCUT2D eigenvalue weighted by atomic mass is 16.2. The number of nitrogens with zero attached hydrogens (tertiary/aromatic N) is 7. The predicted octanol–water partition coefficient (Wildman–Crippen LogP) is 3.93. The molecule has 0 spiro atoms. The zero-order chi connectivity index (χ0) is 32.8. The molecule has 47 heavy (non-hydrogen) atoms. The van der Waals surface area contributed by atoms with Crippen LogP contribution in [-0.4, -0.2) is 68.4 Å². The van der Waals surface area contributed by atoms with Crippen molar-refractivity contribution in [3.05, 3.63) is 76.1 Å². The van der Waals surface area contributed by atoms with Gasteiger partial charge in [-0.2, -0.15) is 5.10 Å². The van der Waals surface area contributed by atoms with Crippen LogP contribution < -0.4 is 26.4 Å². The minimum atomic E-state index is -0.383. The molecular weight excluding hydrogens is 596 g/mol. The van der Waals surface area contributed by atoms with Gasteiger partial charge in [0.15, 0.2) is 11.5 Å². The van der Waals surface area contributed by atoms with E-state index in [0.29, 0.717) is 24.6 Å². The number of pyridine rings is 1. The normalized spacial score (nSPS) is 17.4. The molecule has 3 aromatic heterocycles. The first kappa shape index (κ1) is 30.6. The molecule has 1 saturated carbocycles. The van der Waals surface area contributed by atoms with Crippen molar-refractivity contribution in [1.82, 2.24) is 34.8 Å². The minimum Gasteiger partial charge on any atom is -0.364 e. The van der Waals surface area contributed by atoms with Crippen molar-refractivity contribution in [3.63, 3.8) is 0 Å². The molecule has 2 amide bonds. The molecule has 4 aromatic rings. The molecule has 13 nitrogen and oxygen atoms in total. The standard InChI is InChI=1S/C34H40N10O3/c1-5-27-31-24(16-36-44(31)22-18-42(19-22)17-21-9-8-14-43(6-2)34(21)47)23-10-7-11-25(30(23)41(27)4)37-26-15-28(38-32(45)20-12-13-20)39-40-29(26)33(46)35-3/h7-11,14-16,20,22,27H,5-6,12-13,17-19H2,1-4H3,(H,35,46)(H2,37,38,39,45). The maximum atomic E-state index is 12.8. The van der Waals surface area contributed by atoms with Gasteiger partial charge in [-0.05, 0) is 38.3 Å². The Morgan fingerprint density at radius 1 is 1.02 bits per heavy atom. The molecule has 5 heterocycles. The van der Waals surface area contributed by atoms with Crippen molar-refractivity contribution >= 4 is 34.7 Å². The number of para-hydroxylation sites is 1. The highest BCUT2D eigenvalue weighted by molar-refractivity contribution is 6.01. The van der Waals surface area contributed by atoms with Gasteiger partial charge >= 0.3 is 0 Å². The molecule has 1 saturated heterocycles. The van der Waals surface area contributed by atoms with E-state index in [-0.39, 0.29) is 41.1 Å². The lowest BCUT2D eigenvalue weighted by atomic mass is 9.91. The SMILES string of the molecule is CCC1c2c(cnn2C2CN(Cc3cccn(CC)c3=O)C2)-c2cccc(Nc3cc(NC(=O)C4CC4)nnc3C(=O)NC)c2N1C. The number of anilines is 4. The number of carbonyl (C=O) groups excluding carboxylic acids is 2. The molecule has 2 fully saturated rings. The van der Waals surface area contributed by atoms with Crippen molar-refractivity contribution in [1.29, 1.82) is 0 Å². The van der Waals surface area contributed by atoms with E-state index in [2.05, 4.69) is 60.7 Å². The Labute approximate surface area is 273 Å². The molecule has 1 aromatic carbocycles. The number of fused-ring (bicyclic) bond motifs is 3. The molecule has 3 N–H and O–H groups in total. The fraction of sp³-hybridized carbons (Fsp3) is 0.412. The largest absolute Gasteiger partial charge is 0.364 e. The van der Waals surface area contributed by atoms with Crippen molar-refractivity contribution in [2.24, 2.45) is 5.92 Å². The van der Waals surface area contributed by atoms with E-state index in [4.69, 9.17) is 5.10 Å². The number of benzene rings is 1. The number of aromatic nitrogens is 5. The molecular formula is C34H40N10O3. The number of rotatable bonds is 10. The van der Waals surface area contributed by atoms with Crippen LogP contribution >= 0.6 is 0 Å². The predicted molar refractivity (Wildman–Crippen MR) is 180 cm³/mol. The maximum Gasteiger partial charge on any atom is 0.273 e. The Balaban J connectivity index is 1.18. The van der Waals surface area contributed by atoms with Crippen LogP contribution in [0.15, 0.2) is 53.6 Å². The van der Waals surface area contributed by atoms with Gasteiger partial charge in [-0.3, -0.25) is 24.0 Å². The zero-order valence-electron chi connectivity index (χ0n) is 27.2. The van der Waals surface area contributed by atoms with Crippen molar-refractivity contribution < 1.29 is 9.59 Å². The Bertz CT molecular complexity index is 1910. The number of aryl methyl sites for hydroxylation is 1. The fourth-order valence-corrected chi connectivity index (χ4v) is 6.83. The molecule has 1 atom stereocenters. The number of hydrogen-bond donors (Lipinski definition) is 3. The van der Waals surface area contributed by atoms with Crippen LogP contribution in [-0.2, 0) is 17.9 Å². The Morgan fingerprint density at radius 3 is 2.55 bits per heavy atom. The summed E-state index contributed by atoms with van der Waals surface area (Å²) in [6, 6.07) is 11.9. The van der Waals surface area contributed by atoms with Crippen molar-refractivity contribution in [2.75, 3.05) is 42.7 Å². The molecule has 0 radical (unpaired) electrons. The van der Waals surface area contributed by atoms with Crippen LogP contribution in [0.1, 0.15) is 66.9 Å². The van der Waals surface area contributed by atoms with E-state index < -0.39 is 0 Å². The van der Waals surface area contributed by atoms with Crippen LogP contribution in [0, 0.1) is 5.92 Å². The van der Waals surface area contributed by atoms with E-state index in [1.807, 2.05) is 43.6 Å². The summed E-state index contributed by atoms with van der Waals surface area (Å²) in [4.78, 5) is 42.6. The van der Waals surface area contributed by atoms with E-state index in [1.54, 1.807) is 17.7 Å². The lowest BCUT2D eigenvalue weighted by Crippen LogP contribution is -2.49. The van der Waals surface area contributed by atoms with Gasteiger partial charge in [-0.25, -0.2) is 0 Å². The second-order valence-corrected chi connectivity index (χ2v) is 12.6. The van der Waals surface area contributed by atoms with E-state index in [1.165, 1.54) is 5.69 Å². The van der Waals surface area contributed by atoms with Gasteiger partial charge in [-0.1, -0.05) is 25.1 Å². The van der Waals surface area contributed by atoms with E-state index in [0.717, 1.165) is 60.4 Å². The topological polar surface area (TPSA) is 142 Å². The fourth-order valence-electron chi connectivity index (χ4n) is 6.83. The van der Waals surface area contributed by atoms with Gasteiger partial charge < -0.3 is 25.4 Å². The van der Waals surface area contributed by atoms with Gasteiger partial charge in [0.1, 0.15) is 0 Å². The molecule has 244 valence electrons. The van der Waals surface area contributed by atoms with Crippen LogP contribution in [0.4, 0.5) is 22.9 Å². The molecule has 0 bridgehead atoms. The van der Waals surface area contributed by atoms with Gasteiger partial charge in [0.25, 0.3) is 11.5 Å². The second kappa shape index (κ2) is 12.3. The first-order chi connectivity index (χ1) is 22.8. The maximum absolute atomic E-state index is 12.8. The molecule has 3 aliphatic rings. The van der Waals surface area contributed by atoms with Crippen LogP contribution in [0.2, 0.25) is 0 Å². The minimum absolute atomic E-state index is 0.00776. The Morgan fingerprint density at radius 2 is 1.83 bits per heavy atom. The average Bonchev–Trinajstić information content (AvgIpc) is 3.83. The third-order valence-corrected chi connectivity index (χ3v) is 9.50. The summed E-state index contributed by atoms with van der Waals surface area (Å²) in [6.45, 7) is 7.09.